The Morgan fingerprint density at radius 1 is 1.33 bits per heavy atom. The van der Waals surface area contributed by atoms with Gasteiger partial charge in [0.15, 0.2) is 27.8 Å². The Kier molecular flexibility index (Phi) is 6.62. The molecule has 8 heteroatoms. The third-order valence-corrected chi connectivity index (χ3v) is 4.71. The zero-order chi connectivity index (χ0) is 19.4. The van der Waals surface area contributed by atoms with Crippen molar-refractivity contribution in [3.63, 3.8) is 0 Å². The maximum absolute atomic E-state index is 14.1. The number of carbonyl (C=O) groups is 1. The summed E-state index contributed by atoms with van der Waals surface area (Å²) in [6, 6.07) is 5.73. The van der Waals surface area contributed by atoms with Crippen molar-refractivity contribution >= 4 is 21.7 Å². The quantitative estimate of drug-likeness (QED) is 0.600. The highest BCUT2D eigenvalue weighted by molar-refractivity contribution is 9.10. The van der Waals surface area contributed by atoms with Crippen LogP contribution in [0.2, 0.25) is 0 Å². The van der Waals surface area contributed by atoms with Crippen molar-refractivity contribution in [2.24, 2.45) is 0 Å². The normalized spacial score (nSPS) is 17.9. The molecule has 0 amide bonds. The van der Waals surface area contributed by atoms with Gasteiger partial charge in [-0.15, -0.1) is 0 Å². The highest BCUT2D eigenvalue weighted by Gasteiger charge is 2.24. The molecule has 2 aromatic rings. The van der Waals surface area contributed by atoms with E-state index in [1.54, 1.807) is 6.92 Å². The largest absolute Gasteiger partial charge is 0.485 e. The lowest BCUT2D eigenvalue weighted by molar-refractivity contribution is -0.0527. The van der Waals surface area contributed by atoms with Gasteiger partial charge in [0.2, 0.25) is 0 Å². The second-order valence-electron chi connectivity index (χ2n) is 6.29. The molecule has 2 heterocycles. The fraction of sp³-hybridized carbons (Fsp3) is 0.421. The molecule has 146 valence electrons. The highest BCUT2D eigenvalue weighted by Crippen LogP contribution is 2.25. The summed E-state index contributed by atoms with van der Waals surface area (Å²) >= 11 is 3.27. The fourth-order valence-corrected chi connectivity index (χ4v) is 3.26. The van der Waals surface area contributed by atoms with Crippen LogP contribution < -0.4 is 4.74 Å². The van der Waals surface area contributed by atoms with Gasteiger partial charge >= 0.3 is 0 Å². The van der Waals surface area contributed by atoms with Crippen molar-refractivity contribution in [1.82, 2.24) is 4.90 Å². The first-order chi connectivity index (χ1) is 13.0. The third-order valence-electron chi connectivity index (χ3n) is 4.29. The summed E-state index contributed by atoms with van der Waals surface area (Å²) in [4.78, 5) is 13.7. The van der Waals surface area contributed by atoms with E-state index in [0.29, 0.717) is 24.4 Å². The van der Waals surface area contributed by atoms with Crippen LogP contribution in [-0.4, -0.2) is 43.1 Å². The van der Waals surface area contributed by atoms with Gasteiger partial charge in [0.05, 0.1) is 13.2 Å². The Balaban J connectivity index is 1.58. The number of hydrogen-bond donors (Lipinski definition) is 0. The molecule has 0 radical (unpaired) electrons. The lowest BCUT2D eigenvalue weighted by Crippen LogP contribution is -2.44. The van der Waals surface area contributed by atoms with E-state index in [1.165, 1.54) is 0 Å². The highest BCUT2D eigenvalue weighted by atomic mass is 79.9. The van der Waals surface area contributed by atoms with Gasteiger partial charge < -0.3 is 13.9 Å². The van der Waals surface area contributed by atoms with E-state index in [-0.39, 0.29) is 30.5 Å². The SMILES string of the molecule is CCC(=O)c1cc(F)c(OCC2CN(Cc3ccc(Br)o3)CCO2)c(F)c1. The first-order valence-electron chi connectivity index (χ1n) is 8.69. The summed E-state index contributed by atoms with van der Waals surface area (Å²) in [6.45, 7) is 4.02. The summed E-state index contributed by atoms with van der Waals surface area (Å²) in [5.74, 6) is -1.77. The summed E-state index contributed by atoms with van der Waals surface area (Å²) in [5.41, 5.74) is 0.00421. The molecule has 1 unspecified atom stereocenters. The Hall–Kier alpha value is -1.77. The first-order valence-corrected chi connectivity index (χ1v) is 9.48. The van der Waals surface area contributed by atoms with E-state index < -0.39 is 17.4 Å². The maximum Gasteiger partial charge on any atom is 0.190 e. The molecule has 5 nitrogen and oxygen atoms in total. The standard InChI is InChI=1S/C19H20BrF2NO4/c1-2-17(24)12-7-15(21)19(16(22)8-12)26-11-14-10-23(5-6-25-14)9-13-3-4-18(20)27-13/h3-4,7-8,14H,2,5-6,9-11H2,1H3. The zero-order valence-corrected chi connectivity index (χ0v) is 16.4. The number of ketones is 1. The summed E-state index contributed by atoms with van der Waals surface area (Å²) in [7, 11) is 0. The number of Topliss-reactive ketones (excluding diaryl/α,β-unsaturated/α-hetero) is 1. The van der Waals surface area contributed by atoms with Crippen LogP contribution in [0.1, 0.15) is 29.5 Å². The molecular weight excluding hydrogens is 424 g/mol. The van der Waals surface area contributed by atoms with Crippen LogP contribution >= 0.6 is 15.9 Å². The Morgan fingerprint density at radius 2 is 2.07 bits per heavy atom. The van der Waals surface area contributed by atoms with Crippen molar-refractivity contribution in [3.05, 3.63) is 51.9 Å². The number of carbonyl (C=O) groups excluding carboxylic acids is 1. The van der Waals surface area contributed by atoms with Crippen LogP contribution in [0.5, 0.6) is 5.75 Å². The van der Waals surface area contributed by atoms with Crippen molar-refractivity contribution < 1.29 is 27.5 Å². The molecule has 1 atom stereocenters. The van der Waals surface area contributed by atoms with Crippen LogP contribution in [0.3, 0.4) is 0 Å². The number of hydrogen-bond acceptors (Lipinski definition) is 5. The van der Waals surface area contributed by atoms with Gasteiger partial charge in [-0.2, -0.15) is 0 Å². The minimum Gasteiger partial charge on any atom is -0.485 e. The van der Waals surface area contributed by atoms with E-state index in [4.69, 9.17) is 13.9 Å². The monoisotopic (exact) mass is 443 g/mol. The van der Waals surface area contributed by atoms with Crippen molar-refractivity contribution in [3.8, 4) is 5.75 Å². The summed E-state index contributed by atoms with van der Waals surface area (Å²) in [6.07, 6.45) is -0.148. The number of nitrogens with zero attached hydrogens (tertiary/aromatic N) is 1. The van der Waals surface area contributed by atoms with Gasteiger partial charge in [-0.1, -0.05) is 6.92 Å². The van der Waals surface area contributed by atoms with Gasteiger partial charge in [-0.3, -0.25) is 9.69 Å². The maximum atomic E-state index is 14.1. The van der Waals surface area contributed by atoms with E-state index in [0.717, 1.165) is 24.4 Å². The van der Waals surface area contributed by atoms with Crippen LogP contribution in [0.25, 0.3) is 0 Å². The van der Waals surface area contributed by atoms with E-state index in [9.17, 15) is 13.6 Å². The summed E-state index contributed by atoms with van der Waals surface area (Å²) in [5, 5.41) is 0. The molecule has 1 aliphatic rings. The molecule has 1 aromatic heterocycles. The van der Waals surface area contributed by atoms with Crippen LogP contribution in [0.15, 0.2) is 33.4 Å². The predicted octanol–water partition coefficient (Wildman–Crippen LogP) is 4.19. The van der Waals surface area contributed by atoms with Gasteiger partial charge in [0.1, 0.15) is 18.5 Å². The third kappa shape index (κ3) is 5.15. The molecule has 1 saturated heterocycles. The second-order valence-corrected chi connectivity index (χ2v) is 7.07. The fourth-order valence-electron chi connectivity index (χ4n) is 2.92. The first kappa shape index (κ1) is 20.0. The Labute approximate surface area is 164 Å². The molecule has 1 aliphatic heterocycles. The molecule has 1 fully saturated rings. The van der Waals surface area contributed by atoms with Crippen molar-refractivity contribution in [1.29, 1.82) is 0 Å². The average molecular weight is 444 g/mol. The van der Waals surface area contributed by atoms with Gasteiger partial charge in [-0.05, 0) is 40.2 Å². The lowest BCUT2D eigenvalue weighted by atomic mass is 10.1. The number of rotatable bonds is 7. The van der Waals surface area contributed by atoms with Crippen molar-refractivity contribution in [2.45, 2.75) is 26.0 Å². The summed E-state index contributed by atoms with van der Waals surface area (Å²) < 4.78 is 45.4. The topological polar surface area (TPSA) is 51.9 Å². The molecule has 0 N–H and O–H groups in total. The van der Waals surface area contributed by atoms with Gasteiger partial charge in [0, 0.05) is 25.1 Å². The zero-order valence-electron chi connectivity index (χ0n) is 14.8. The molecular formula is C19H20BrF2NO4. The van der Waals surface area contributed by atoms with Gasteiger partial charge in [-0.25, -0.2) is 8.78 Å². The number of halogens is 3. The second kappa shape index (κ2) is 8.95. The number of ether oxygens (including phenoxy) is 2. The van der Waals surface area contributed by atoms with Crippen LogP contribution in [0, 0.1) is 11.6 Å². The number of benzene rings is 1. The van der Waals surface area contributed by atoms with Crippen molar-refractivity contribution in [2.75, 3.05) is 26.3 Å². The Bertz CT molecular complexity index is 788. The molecule has 0 saturated carbocycles. The lowest BCUT2D eigenvalue weighted by Gasteiger charge is -2.32. The predicted molar refractivity (Wildman–Crippen MR) is 97.9 cm³/mol. The van der Waals surface area contributed by atoms with Crippen LogP contribution in [0.4, 0.5) is 8.78 Å². The minimum atomic E-state index is -0.889. The molecule has 0 bridgehead atoms. The molecule has 27 heavy (non-hydrogen) atoms. The Morgan fingerprint density at radius 3 is 2.70 bits per heavy atom. The van der Waals surface area contributed by atoms with E-state index in [2.05, 4.69) is 20.8 Å². The molecule has 0 spiro atoms. The average Bonchev–Trinajstić information content (AvgIpc) is 3.05. The minimum absolute atomic E-state index is 0.00421. The smallest absolute Gasteiger partial charge is 0.190 e. The number of furan rings is 1. The number of morpholine rings is 1. The molecule has 1 aromatic carbocycles. The van der Waals surface area contributed by atoms with Gasteiger partial charge in [0.25, 0.3) is 0 Å². The molecule has 0 aliphatic carbocycles. The molecule has 3 rings (SSSR count). The van der Waals surface area contributed by atoms with E-state index >= 15 is 0 Å². The van der Waals surface area contributed by atoms with E-state index in [1.807, 2.05) is 12.1 Å². The van der Waals surface area contributed by atoms with Crippen LogP contribution in [-0.2, 0) is 11.3 Å².